The van der Waals surface area contributed by atoms with Crippen LogP contribution in [0, 0.1) is 0 Å². The van der Waals surface area contributed by atoms with E-state index in [9.17, 15) is 4.79 Å². The molecule has 0 spiro atoms. The zero-order valence-corrected chi connectivity index (χ0v) is 13.3. The van der Waals surface area contributed by atoms with E-state index in [1.165, 1.54) is 23.4 Å². The van der Waals surface area contributed by atoms with Crippen molar-refractivity contribution in [2.75, 3.05) is 49.6 Å². The lowest BCUT2D eigenvalue weighted by molar-refractivity contribution is -0.901. The van der Waals surface area contributed by atoms with Gasteiger partial charge in [-0.15, -0.1) is 0 Å². The molecule has 0 unspecified atom stereocenters. The summed E-state index contributed by atoms with van der Waals surface area (Å²) in [6.45, 7) is 7.69. The molecule has 0 radical (unpaired) electrons. The number of likely N-dealkylation sites (tertiary alicyclic amines) is 1. The highest BCUT2D eigenvalue weighted by Gasteiger charge is 2.27. The van der Waals surface area contributed by atoms with Crippen LogP contribution in [0.15, 0.2) is 24.3 Å². The first kappa shape index (κ1) is 15.3. The zero-order chi connectivity index (χ0) is 15.4. The molecule has 0 saturated carbocycles. The fraction of sp³-hybridized carbons (Fsp3) is 0.588. The molecule has 22 heavy (non-hydrogen) atoms. The van der Waals surface area contributed by atoms with Crippen LogP contribution in [0.5, 0.6) is 0 Å². The summed E-state index contributed by atoms with van der Waals surface area (Å²) in [5.74, 6) is 0.121. The van der Waals surface area contributed by atoms with E-state index < -0.39 is 0 Å². The largest absolute Gasteiger partial charge is 0.378 e. The van der Waals surface area contributed by atoms with E-state index in [-0.39, 0.29) is 11.9 Å². The van der Waals surface area contributed by atoms with Crippen LogP contribution in [-0.4, -0.2) is 51.3 Å². The predicted molar refractivity (Wildman–Crippen MR) is 87.5 cm³/mol. The first-order valence-corrected chi connectivity index (χ1v) is 8.32. The molecule has 120 valence electrons. The van der Waals surface area contributed by atoms with Crippen molar-refractivity contribution in [1.82, 2.24) is 0 Å². The van der Waals surface area contributed by atoms with Crippen molar-refractivity contribution < 1.29 is 14.4 Å². The van der Waals surface area contributed by atoms with Crippen LogP contribution >= 0.6 is 0 Å². The van der Waals surface area contributed by atoms with Gasteiger partial charge in [-0.25, -0.2) is 0 Å². The highest BCUT2D eigenvalue weighted by atomic mass is 16.5. The molecule has 2 N–H and O–H groups in total. The monoisotopic (exact) mass is 304 g/mol. The summed E-state index contributed by atoms with van der Waals surface area (Å²) in [4.78, 5) is 16.0. The second-order valence-corrected chi connectivity index (χ2v) is 6.22. The minimum Gasteiger partial charge on any atom is -0.378 e. The van der Waals surface area contributed by atoms with E-state index in [0.717, 1.165) is 45.1 Å². The molecule has 0 bridgehead atoms. The van der Waals surface area contributed by atoms with Gasteiger partial charge in [0.15, 0.2) is 6.04 Å². The standard InChI is InChI=1S/C17H25N3O2/c1-14(19-8-2-3-9-19)17(21)18-15-4-6-16(7-5-15)20-10-12-22-13-11-20/h4-7,14H,2-3,8-13H2,1H3,(H,18,21)/p+1/t14-/m0/s1. The van der Waals surface area contributed by atoms with E-state index in [1.54, 1.807) is 0 Å². The molecule has 2 saturated heterocycles. The molecule has 2 aliphatic rings. The van der Waals surface area contributed by atoms with Gasteiger partial charge in [0.25, 0.3) is 5.91 Å². The lowest BCUT2D eigenvalue weighted by atomic mass is 10.2. The second kappa shape index (κ2) is 7.11. The highest BCUT2D eigenvalue weighted by molar-refractivity contribution is 5.93. The summed E-state index contributed by atoms with van der Waals surface area (Å²) < 4.78 is 5.37. The zero-order valence-electron chi connectivity index (χ0n) is 13.3. The lowest BCUT2D eigenvalue weighted by Gasteiger charge is -2.29. The maximum atomic E-state index is 12.3. The van der Waals surface area contributed by atoms with E-state index in [4.69, 9.17) is 4.74 Å². The smallest absolute Gasteiger partial charge is 0.282 e. The van der Waals surface area contributed by atoms with Crippen molar-refractivity contribution in [3.05, 3.63) is 24.3 Å². The molecule has 0 aliphatic carbocycles. The van der Waals surface area contributed by atoms with Crippen LogP contribution in [0.2, 0.25) is 0 Å². The quantitative estimate of drug-likeness (QED) is 0.853. The lowest BCUT2D eigenvalue weighted by Crippen LogP contribution is -3.14. The van der Waals surface area contributed by atoms with Crippen molar-refractivity contribution in [2.24, 2.45) is 0 Å². The number of morpholine rings is 1. The average molecular weight is 304 g/mol. The minimum atomic E-state index is 0.0291. The molecule has 1 aromatic carbocycles. The molecule has 1 aromatic rings. The van der Waals surface area contributed by atoms with Crippen LogP contribution in [0.25, 0.3) is 0 Å². The number of benzene rings is 1. The molecular formula is C17H26N3O2+. The molecule has 2 aliphatic heterocycles. The van der Waals surface area contributed by atoms with Crippen molar-refractivity contribution >= 4 is 17.3 Å². The van der Waals surface area contributed by atoms with Gasteiger partial charge >= 0.3 is 0 Å². The molecule has 3 rings (SSSR count). The van der Waals surface area contributed by atoms with E-state index >= 15 is 0 Å². The van der Waals surface area contributed by atoms with Gasteiger partial charge in [-0.05, 0) is 31.2 Å². The van der Waals surface area contributed by atoms with Crippen LogP contribution in [0.3, 0.4) is 0 Å². The Morgan fingerprint density at radius 2 is 1.82 bits per heavy atom. The Balaban J connectivity index is 1.57. The fourth-order valence-electron chi connectivity index (χ4n) is 3.28. The number of quaternary nitrogens is 1. The van der Waals surface area contributed by atoms with Gasteiger partial charge in [-0.3, -0.25) is 4.79 Å². The summed E-state index contributed by atoms with van der Waals surface area (Å²) >= 11 is 0. The minimum absolute atomic E-state index is 0.0291. The molecule has 0 aromatic heterocycles. The topological polar surface area (TPSA) is 46.0 Å². The van der Waals surface area contributed by atoms with Gasteiger partial charge in [0.05, 0.1) is 26.3 Å². The number of nitrogens with zero attached hydrogens (tertiary/aromatic N) is 1. The summed E-state index contributed by atoms with van der Waals surface area (Å²) in [6, 6.07) is 8.17. The van der Waals surface area contributed by atoms with Gasteiger partial charge in [0, 0.05) is 37.3 Å². The Hall–Kier alpha value is -1.59. The van der Waals surface area contributed by atoms with E-state index in [0.29, 0.717) is 0 Å². The number of carbonyl (C=O) groups excluding carboxylic acids is 1. The summed E-state index contributed by atoms with van der Waals surface area (Å²) in [6.07, 6.45) is 2.47. The fourth-order valence-corrected chi connectivity index (χ4v) is 3.28. The Bertz CT molecular complexity index is 491. The Kier molecular flexibility index (Phi) is 4.95. The van der Waals surface area contributed by atoms with Crippen LogP contribution in [0.1, 0.15) is 19.8 Å². The molecule has 2 fully saturated rings. The molecule has 1 amide bonds. The van der Waals surface area contributed by atoms with E-state index in [2.05, 4.69) is 22.3 Å². The molecule has 5 nitrogen and oxygen atoms in total. The van der Waals surface area contributed by atoms with Crippen LogP contribution < -0.4 is 15.1 Å². The Labute approximate surface area is 132 Å². The summed E-state index contributed by atoms with van der Waals surface area (Å²) in [5, 5.41) is 3.05. The number of carbonyl (C=O) groups is 1. The number of rotatable bonds is 4. The third kappa shape index (κ3) is 3.59. The molecule has 1 atom stereocenters. The molecular weight excluding hydrogens is 278 g/mol. The SMILES string of the molecule is C[C@@H](C(=O)Nc1ccc(N2CCOCC2)cc1)[NH+]1CCCC1. The third-order valence-electron chi connectivity index (χ3n) is 4.76. The number of anilines is 2. The summed E-state index contributed by atoms with van der Waals surface area (Å²) in [7, 11) is 0. The number of hydrogen-bond donors (Lipinski definition) is 2. The van der Waals surface area contributed by atoms with Gasteiger partial charge < -0.3 is 19.9 Å². The number of hydrogen-bond acceptors (Lipinski definition) is 3. The van der Waals surface area contributed by atoms with Crippen LogP contribution in [-0.2, 0) is 9.53 Å². The maximum absolute atomic E-state index is 12.3. The molecule has 5 heteroatoms. The van der Waals surface area contributed by atoms with Gasteiger partial charge in [-0.1, -0.05) is 0 Å². The highest BCUT2D eigenvalue weighted by Crippen LogP contribution is 2.19. The molecule has 2 heterocycles. The number of amides is 1. The van der Waals surface area contributed by atoms with Crippen molar-refractivity contribution in [2.45, 2.75) is 25.8 Å². The van der Waals surface area contributed by atoms with Gasteiger partial charge in [0.1, 0.15) is 0 Å². The second-order valence-electron chi connectivity index (χ2n) is 6.22. The summed E-state index contributed by atoms with van der Waals surface area (Å²) in [5.41, 5.74) is 2.08. The normalized spacial score (nSPS) is 20.9. The first-order valence-electron chi connectivity index (χ1n) is 8.32. The maximum Gasteiger partial charge on any atom is 0.282 e. The van der Waals surface area contributed by atoms with Crippen LogP contribution in [0.4, 0.5) is 11.4 Å². The predicted octanol–water partition coefficient (Wildman–Crippen LogP) is 0.529. The van der Waals surface area contributed by atoms with E-state index in [1.807, 2.05) is 19.1 Å². The first-order chi connectivity index (χ1) is 10.7. The van der Waals surface area contributed by atoms with Crippen molar-refractivity contribution in [3.8, 4) is 0 Å². The van der Waals surface area contributed by atoms with Crippen molar-refractivity contribution in [3.63, 3.8) is 0 Å². The van der Waals surface area contributed by atoms with Crippen molar-refractivity contribution in [1.29, 1.82) is 0 Å². The Morgan fingerprint density at radius 1 is 1.18 bits per heavy atom. The van der Waals surface area contributed by atoms with Gasteiger partial charge in [-0.2, -0.15) is 0 Å². The number of nitrogens with one attached hydrogen (secondary N) is 2. The Morgan fingerprint density at radius 3 is 2.45 bits per heavy atom. The number of ether oxygens (including phenoxy) is 1. The average Bonchev–Trinajstić information content (AvgIpc) is 3.10. The third-order valence-corrected chi connectivity index (χ3v) is 4.76. The van der Waals surface area contributed by atoms with Gasteiger partial charge in [0.2, 0.25) is 0 Å².